The van der Waals surface area contributed by atoms with Crippen molar-refractivity contribution in [3.05, 3.63) is 23.7 Å². The molecule has 0 amide bonds. The zero-order chi connectivity index (χ0) is 15.5. The highest BCUT2D eigenvalue weighted by atomic mass is 16.3. The SMILES string of the molecule is Cc1ccc(CN(C)C2(CN)CCCC(CC(C)C)C2)o1. The van der Waals surface area contributed by atoms with E-state index in [9.17, 15) is 0 Å². The van der Waals surface area contributed by atoms with Gasteiger partial charge in [0, 0.05) is 12.1 Å². The summed E-state index contributed by atoms with van der Waals surface area (Å²) in [6.07, 6.45) is 6.45. The number of hydrogen-bond donors (Lipinski definition) is 1. The van der Waals surface area contributed by atoms with Crippen molar-refractivity contribution < 1.29 is 4.42 Å². The fourth-order valence-corrected chi connectivity index (χ4v) is 3.99. The molecule has 1 aromatic heterocycles. The van der Waals surface area contributed by atoms with Crippen LogP contribution in [-0.2, 0) is 6.54 Å². The van der Waals surface area contributed by atoms with Crippen LogP contribution in [-0.4, -0.2) is 24.0 Å². The molecule has 1 aromatic rings. The molecule has 1 aliphatic carbocycles. The van der Waals surface area contributed by atoms with E-state index in [0.717, 1.165) is 36.4 Å². The van der Waals surface area contributed by atoms with Crippen LogP contribution in [0.2, 0.25) is 0 Å². The number of nitrogens with zero attached hydrogens (tertiary/aromatic N) is 1. The first kappa shape index (κ1) is 16.6. The van der Waals surface area contributed by atoms with Crippen molar-refractivity contribution in [2.24, 2.45) is 17.6 Å². The molecule has 0 aromatic carbocycles. The molecule has 2 atom stereocenters. The first-order valence-corrected chi connectivity index (χ1v) is 8.42. The minimum atomic E-state index is 0.151. The maximum Gasteiger partial charge on any atom is 0.118 e. The van der Waals surface area contributed by atoms with E-state index < -0.39 is 0 Å². The third-order valence-corrected chi connectivity index (χ3v) is 5.11. The highest BCUT2D eigenvalue weighted by molar-refractivity contribution is 5.07. The Morgan fingerprint density at radius 1 is 1.43 bits per heavy atom. The van der Waals surface area contributed by atoms with Crippen LogP contribution in [0.25, 0.3) is 0 Å². The van der Waals surface area contributed by atoms with Crippen molar-refractivity contribution in [3.63, 3.8) is 0 Å². The average molecular weight is 292 g/mol. The largest absolute Gasteiger partial charge is 0.465 e. The number of rotatable bonds is 6. The fraction of sp³-hybridized carbons (Fsp3) is 0.778. The predicted octanol–water partition coefficient (Wildman–Crippen LogP) is 3.95. The van der Waals surface area contributed by atoms with Crippen molar-refractivity contribution in [1.29, 1.82) is 0 Å². The molecule has 1 fully saturated rings. The molecule has 0 saturated heterocycles. The molecule has 21 heavy (non-hydrogen) atoms. The maximum absolute atomic E-state index is 6.22. The Kier molecular flexibility index (Phi) is 5.50. The summed E-state index contributed by atoms with van der Waals surface area (Å²) in [5.41, 5.74) is 6.37. The van der Waals surface area contributed by atoms with Crippen LogP contribution in [0.15, 0.2) is 16.5 Å². The van der Waals surface area contributed by atoms with E-state index in [1.165, 1.54) is 32.1 Å². The Labute approximate surface area is 129 Å². The minimum absolute atomic E-state index is 0.151. The Morgan fingerprint density at radius 2 is 2.19 bits per heavy atom. The van der Waals surface area contributed by atoms with Gasteiger partial charge in [-0.3, -0.25) is 4.90 Å². The first-order valence-electron chi connectivity index (χ1n) is 8.42. The van der Waals surface area contributed by atoms with Gasteiger partial charge in [0.1, 0.15) is 11.5 Å². The van der Waals surface area contributed by atoms with Gasteiger partial charge in [-0.25, -0.2) is 0 Å². The van der Waals surface area contributed by atoms with Gasteiger partial charge in [0.2, 0.25) is 0 Å². The second kappa shape index (κ2) is 6.97. The quantitative estimate of drug-likeness (QED) is 0.863. The molecule has 2 unspecified atom stereocenters. The van der Waals surface area contributed by atoms with Gasteiger partial charge in [0.25, 0.3) is 0 Å². The van der Waals surface area contributed by atoms with E-state index in [1.54, 1.807) is 0 Å². The van der Waals surface area contributed by atoms with Gasteiger partial charge in [-0.1, -0.05) is 26.7 Å². The second-order valence-electron chi connectivity index (χ2n) is 7.39. The monoisotopic (exact) mass is 292 g/mol. The minimum Gasteiger partial charge on any atom is -0.465 e. The maximum atomic E-state index is 6.22. The van der Waals surface area contributed by atoms with E-state index in [1.807, 2.05) is 13.0 Å². The third kappa shape index (κ3) is 4.10. The molecular formula is C18H32N2O. The molecule has 0 spiro atoms. The summed E-state index contributed by atoms with van der Waals surface area (Å²) >= 11 is 0. The number of furan rings is 1. The van der Waals surface area contributed by atoms with E-state index in [0.29, 0.717) is 0 Å². The highest BCUT2D eigenvalue weighted by Gasteiger charge is 2.38. The van der Waals surface area contributed by atoms with E-state index in [-0.39, 0.29) is 5.54 Å². The lowest BCUT2D eigenvalue weighted by Crippen LogP contribution is -2.54. The van der Waals surface area contributed by atoms with Crippen LogP contribution in [0, 0.1) is 18.8 Å². The summed E-state index contributed by atoms with van der Waals surface area (Å²) in [5.74, 6) is 3.64. The second-order valence-corrected chi connectivity index (χ2v) is 7.39. The lowest BCUT2D eigenvalue weighted by molar-refractivity contribution is 0.0414. The Balaban J connectivity index is 2.04. The smallest absolute Gasteiger partial charge is 0.118 e. The molecule has 0 bridgehead atoms. The van der Waals surface area contributed by atoms with Gasteiger partial charge in [-0.2, -0.15) is 0 Å². The van der Waals surface area contributed by atoms with Gasteiger partial charge in [0.15, 0.2) is 0 Å². The average Bonchev–Trinajstić information content (AvgIpc) is 2.83. The fourth-order valence-electron chi connectivity index (χ4n) is 3.99. The zero-order valence-electron chi connectivity index (χ0n) is 14.2. The van der Waals surface area contributed by atoms with E-state index >= 15 is 0 Å². The van der Waals surface area contributed by atoms with Crippen LogP contribution < -0.4 is 5.73 Å². The number of nitrogens with two attached hydrogens (primary N) is 1. The first-order chi connectivity index (χ1) is 9.95. The lowest BCUT2D eigenvalue weighted by atomic mass is 9.72. The van der Waals surface area contributed by atoms with Crippen LogP contribution in [0.1, 0.15) is 57.5 Å². The molecule has 0 aliphatic heterocycles. The van der Waals surface area contributed by atoms with E-state index in [4.69, 9.17) is 10.2 Å². The predicted molar refractivity (Wildman–Crippen MR) is 88.1 cm³/mol. The van der Waals surface area contributed by atoms with Gasteiger partial charge >= 0.3 is 0 Å². The number of hydrogen-bond acceptors (Lipinski definition) is 3. The zero-order valence-corrected chi connectivity index (χ0v) is 14.2. The molecule has 0 radical (unpaired) electrons. The molecular weight excluding hydrogens is 260 g/mol. The van der Waals surface area contributed by atoms with Crippen LogP contribution >= 0.6 is 0 Å². The van der Waals surface area contributed by atoms with E-state index in [2.05, 4.69) is 31.9 Å². The normalized spacial score (nSPS) is 26.7. The summed E-state index contributed by atoms with van der Waals surface area (Å²) in [5, 5.41) is 0. The van der Waals surface area contributed by atoms with Crippen molar-refractivity contribution in [3.8, 4) is 0 Å². The van der Waals surface area contributed by atoms with Crippen LogP contribution in [0.3, 0.4) is 0 Å². The summed E-state index contributed by atoms with van der Waals surface area (Å²) in [6, 6.07) is 4.13. The van der Waals surface area contributed by atoms with Crippen LogP contribution in [0.5, 0.6) is 0 Å². The molecule has 1 aliphatic rings. The van der Waals surface area contributed by atoms with Crippen LogP contribution in [0.4, 0.5) is 0 Å². The molecule has 3 nitrogen and oxygen atoms in total. The van der Waals surface area contributed by atoms with Gasteiger partial charge in [-0.05, 0) is 57.2 Å². The number of likely N-dealkylation sites (N-methyl/N-ethyl adjacent to an activating group) is 1. The molecule has 1 heterocycles. The standard InChI is InChI=1S/C18H32N2O/c1-14(2)10-16-6-5-9-18(11-16,13-19)20(4)12-17-8-7-15(3)21-17/h7-8,14,16H,5-6,9-13,19H2,1-4H3. The van der Waals surface area contributed by atoms with Gasteiger partial charge in [-0.15, -0.1) is 0 Å². The molecule has 120 valence electrons. The Morgan fingerprint density at radius 3 is 2.76 bits per heavy atom. The number of aryl methyl sites for hydroxylation is 1. The molecule has 2 rings (SSSR count). The summed E-state index contributed by atoms with van der Waals surface area (Å²) < 4.78 is 5.74. The van der Waals surface area contributed by atoms with Crippen molar-refractivity contribution >= 4 is 0 Å². The molecule has 2 N–H and O–H groups in total. The van der Waals surface area contributed by atoms with Gasteiger partial charge < -0.3 is 10.2 Å². The molecule has 1 saturated carbocycles. The third-order valence-electron chi connectivity index (χ3n) is 5.11. The Bertz CT molecular complexity index is 440. The van der Waals surface area contributed by atoms with Gasteiger partial charge in [0.05, 0.1) is 6.54 Å². The summed E-state index contributed by atoms with van der Waals surface area (Å²) in [6.45, 7) is 8.26. The lowest BCUT2D eigenvalue weighted by Gasteiger charge is -2.47. The summed E-state index contributed by atoms with van der Waals surface area (Å²) in [7, 11) is 2.21. The van der Waals surface area contributed by atoms with Crippen molar-refractivity contribution in [2.75, 3.05) is 13.6 Å². The molecule has 3 heteroatoms. The van der Waals surface area contributed by atoms with Crippen molar-refractivity contribution in [2.45, 2.75) is 65.0 Å². The highest BCUT2D eigenvalue weighted by Crippen LogP contribution is 2.39. The topological polar surface area (TPSA) is 42.4 Å². The van der Waals surface area contributed by atoms with Crippen molar-refractivity contribution in [1.82, 2.24) is 4.90 Å². The Hall–Kier alpha value is -0.800. The summed E-state index contributed by atoms with van der Waals surface area (Å²) in [4.78, 5) is 2.44.